The van der Waals surface area contributed by atoms with E-state index in [1.807, 2.05) is 0 Å². The van der Waals surface area contributed by atoms with Gasteiger partial charge in [0.1, 0.15) is 11.6 Å². The van der Waals surface area contributed by atoms with Crippen molar-refractivity contribution in [1.29, 1.82) is 0 Å². The zero-order chi connectivity index (χ0) is 14.0. The highest BCUT2D eigenvalue weighted by Crippen LogP contribution is 2.21. The predicted molar refractivity (Wildman–Crippen MR) is 70.2 cm³/mol. The Hall–Kier alpha value is -2.14. The topological polar surface area (TPSA) is 55.1 Å². The zero-order valence-electron chi connectivity index (χ0n) is 9.58. The molecule has 0 aliphatic carbocycles. The minimum absolute atomic E-state index is 0.0581. The van der Waals surface area contributed by atoms with E-state index in [2.05, 4.69) is 5.32 Å². The first-order valence-corrected chi connectivity index (χ1v) is 5.66. The predicted octanol–water partition coefficient (Wildman–Crippen LogP) is 3.45. The summed E-state index contributed by atoms with van der Waals surface area (Å²) in [6.07, 6.45) is 0. The molecule has 2 aromatic rings. The van der Waals surface area contributed by atoms with Crippen LogP contribution in [0, 0.1) is 11.6 Å². The van der Waals surface area contributed by atoms with Gasteiger partial charge in [0.05, 0.1) is 16.9 Å². The lowest BCUT2D eigenvalue weighted by molar-refractivity contribution is 0.102. The van der Waals surface area contributed by atoms with Crippen molar-refractivity contribution in [2.45, 2.75) is 0 Å². The van der Waals surface area contributed by atoms with Gasteiger partial charge in [0.15, 0.2) is 0 Å². The first kappa shape index (κ1) is 13.3. The van der Waals surface area contributed by atoms with Gasteiger partial charge in [0.25, 0.3) is 5.91 Å². The number of halogens is 3. The number of nitrogens with one attached hydrogen (secondary N) is 1. The first-order chi connectivity index (χ1) is 8.97. The highest BCUT2D eigenvalue weighted by atomic mass is 35.5. The summed E-state index contributed by atoms with van der Waals surface area (Å²) in [6.45, 7) is 0. The molecule has 0 aliphatic rings. The first-order valence-electron chi connectivity index (χ1n) is 5.29. The lowest BCUT2D eigenvalue weighted by Crippen LogP contribution is -2.14. The van der Waals surface area contributed by atoms with Gasteiger partial charge in [-0.2, -0.15) is 0 Å². The Morgan fingerprint density at radius 2 is 1.89 bits per heavy atom. The molecule has 0 spiro atoms. The van der Waals surface area contributed by atoms with E-state index in [4.69, 9.17) is 17.3 Å². The van der Waals surface area contributed by atoms with Gasteiger partial charge in [-0.1, -0.05) is 11.6 Å². The average molecular weight is 283 g/mol. The number of anilines is 2. The molecule has 0 atom stereocenters. The van der Waals surface area contributed by atoms with Gasteiger partial charge in [-0.25, -0.2) is 8.78 Å². The van der Waals surface area contributed by atoms with Crippen LogP contribution in [0.15, 0.2) is 36.4 Å². The van der Waals surface area contributed by atoms with E-state index in [1.54, 1.807) is 0 Å². The van der Waals surface area contributed by atoms with Crippen LogP contribution in [0.3, 0.4) is 0 Å². The summed E-state index contributed by atoms with van der Waals surface area (Å²) in [5.74, 6) is -1.95. The second kappa shape index (κ2) is 5.24. The second-order valence-electron chi connectivity index (χ2n) is 3.81. The van der Waals surface area contributed by atoms with Gasteiger partial charge < -0.3 is 11.1 Å². The van der Waals surface area contributed by atoms with Crippen LogP contribution in [0.1, 0.15) is 10.4 Å². The van der Waals surface area contributed by atoms with Crippen LogP contribution in [0.5, 0.6) is 0 Å². The summed E-state index contributed by atoms with van der Waals surface area (Å²) in [4.78, 5) is 11.8. The molecule has 3 nitrogen and oxygen atoms in total. The Morgan fingerprint density at radius 3 is 2.53 bits per heavy atom. The average Bonchev–Trinajstić information content (AvgIpc) is 2.32. The quantitative estimate of drug-likeness (QED) is 0.829. The van der Waals surface area contributed by atoms with Crippen molar-refractivity contribution in [3.05, 3.63) is 58.6 Å². The van der Waals surface area contributed by atoms with Crippen molar-refractivity contribution in [3.63, 3.8) is 0 Å². The maximum Gasteiger partial charge on any atom is 0.258 e. The summed E-state index contributed by atoms with van der Waals surface area (Å²) in [5.41, 5.74) is 5.63. The van der Waals surface area contributed by atoms with Gasteiger partial charge >= 0.3 is 0 Å². The van der Waals surface area contributed by atoms with E-state index >= 15 is 0 Å². The van der Waals surface area contributed by atoms with Gasteiger partial charge in [-0.15, -0.1) is 0 Å². The van der Waals surface area contributed by atoms with E-state index in [0.717, 1.165) is 18.2 Å². The summed E-state index contributed by atoms with van der Waals surface area (Å²) >= 11 is 5.59. The van der Waals surface area contributed by atoms with E-state index in [9.17, 15) is 13.6 Å². The maximum absolute atomic E-state index is 13.5. The molecule has 0 saturated heterocycles. The number of amides is 1. The van der Waals surface area contributed by atoms with Crippen molar-refractivity contribution >= 4 is 28.9 Å². The SMILES string of the molecule is Nc1cc(F)ccc1NC(=O)c1ccc(Cl)cc1F. The van der Waals surface area contributed by atoms with Crippen molar-refractivity contribution in [1.82, 2.24) is 0 Å². The molecule has 3 N–H and O–H groups in total. The van der Waals surface area contributed by atoms with Gasteiger partial charge in [-0.05, 0) is 36.4 Å². The number of hydrogen-bond acceptors (Lipinski definition) is 2. The van der Waals surface area contributed by atoms with Crippen LogP contribution in [0.2, 0.25) is 5.02 Å². The normalized spacial score (nSPS) is 10.3. The number of benzene rings is 2. The van der Waals surface area contributed by atoms with Crippen LogP contribution >= 0.6 is 11.6 Å². The number of carbonyl (C=O) groups is 1. The summed E-state index contributed by atoms with van der Waals surface area (Å²) < 4.78 is 26.4. The molecule has 6 heteroatoms. The molecule has 0 bridgehead atoms. The van der Waals surface area contributed by atoms with Crippen molar-refractivity contribution < 1.29 is 13.6 Å². The molecule has 0 fully saturated rings. The van der Waals surface area contributed by atoms with E-state index in [-0.39, 0.29) is 22.0 Å². The second-order valence-corrected chi connectivity index (χ2v) is 4.25. The third-order valence-electron chi connectivity index (χ3n) is 2.44. The molecule has 0 radical (unpaired) electrons. The molecular formula is C13H9ClF2N2O. The minimum Gasteiger partial charge on any atom is -0.397 e. The number of nitrogens with two attached hydrogens (primary N) is 1. The zero-order valence-corrected chi connectivity index (χ0v) is 10.3. The molecule has 98 valence electrons. The van der Waals surface area contributed by atoms with E-state index < -0.39 is 17.5 Å². The standard InChI is InChI=1S/C13H9ClF2N2O/c14-7-1-3-9(10(16)5-7)13(19)18-12-4-2-8(15)6-11(12)17/h1-6H,17H2,(H,18,19). The fraction of sp³-hybridized carbons (Fsp3) is 0. The highest BCUT2D eigenvalue weighted by Gasteiger charge is 2.13. The summed E-state index contributed by atoms with van der Waals surface area (Å²) in [6, 6.07) is 7.19. The number of rotatable bonds is 2. The Balaban J connectivity index is 2.25. The fourth-order valence-corrected chi connectivity index (χ4v) is 1.67. The number of hydrogen-bond donors (Lipinski definition) is 2. The summed E-state index contributed by atoms with van der Waals surface area (Å²) in [7, 11) is 0. The molecule has 0 aliphatic heterocycles. The minimum atomic E-state index is -0.745. The highest BCUT2D eigenvalue weighted by molar-refractivity contribution is 6.30. The van der Waals surface area contributed by atoms with E-state index in [0.29, 0.717) is 0 Å². The molecule has 0 saturated carbocycles. The van der Waals surface area contributed by atoms with Gasteiger partial charge in [0, 0.05) is 5.02 Å². The van der Waals surface area contributed by atoms with Crippen molar-refractivity contribution in [2.75, 3.05) is 11.1 Å². The smallest absolute Gasteiger partial charge is 0.258 e. The molecule has 2 rings (SSSR count). The molecule has 0 aromatic heterocycles. The number of nitrogen functional groups attached to an aromatic ring is 1. The van der Waals surface area contributed by atoms with Crippen molar-refractivity contribution in [2.24, 2.45) is 0 Å². The Morgan fingerprint density at radius 1 is 1.16 bits per heavy atom. The Bertz CT molecular complexity index is 647. The van der Waals surface area contributed by atoms with Crippen LogP contribution in [-0.2, 0) is 0 Å². The molecule has 2 aromatic carbocycles. The van der Waals surface area contributed by atoms with E-state index in [1.165, 1.54) is 18.2 Å². The maximum atomic E-state index is 13.5. The van der Waals surface area contributed by atoms with Crippen LogP contribution in [0.25, 0.3) is 0 Å². The van der Waals surface area contributed by atoms with Gasteiger partial charge in [-0.3, -0.25) is 4.79 Å². The van der Waals surface area contributed by atoms with Crippen LogP contribution in [0.4, 0.5) is 20.2 Å². The Labute approximate surface area is 113 Å². The molecule has 1 amide bonds. The summed E-state index contributed by atoms with van der Waals surface area (Å²) in [5, 5.41) is 2.59. The Kier molecular flexibility index (Phi) is 3.66. The molecular weight excluding hydrogens is 274 g/mol. The third-order valence-corrected chi connectivity index (χ3v) is 2.67. The van der Waals surface area contributed by atoms with Crippen LogP contribution in [-0.4, -0.2) is 5.91 Å². The van der Waals surface area contributed by atoms with Crippen LogP contribution < -0.4 is 11.1 Å². The lowest BCUT2D eigenvalue weighted by Gasteiger charge is -2.08. The van der Waals surface area contributed by atoms with Gasteiger partial charge in [0.2, 0.25) is 0 Å². The largest absolute Gasteiger partial charge is 0.397 e. The lowest BCUT2D eigenvalue weighted by atomic mass is 10.2. The fourth-order valence-electron chi connectivity index (χ4n) is 1.51. The molecule has 19 heavy (non-hydrogen) atoms. The number of carbonyl (C=O) groups excluding carboxylic acids is 1. The third kappa shape index (κ3) is 3.00. The van der Waals surface area contributed by atoms with Crippen molar-refractivity contribution in [3.8, 4) is 0 Å². The molecule has 0 heterocycles. The molecule has 0 unspecified atom stereocenters. The monoisotopic (exact) mass is 282 g/mol.